The number of nitrogens with zero attached hydrogens (tertiary/aromatic N) is 1. The highest BCUT2D eigenvalue weighted by molar-refractivity contribution is 6.04. The van der Waals surface area contributed by atoms with Crippen molar-refractivity contribution in [2.75, 3.05) is 13.7 Å². The van der Waals surface area contributed by atoms with Crippen molar-refractivity contribution in [1.29, 1.82) is 0 Å². The normalized spacial score (nSPS) is 11.2. The number of benzene rings is 3. The van der Waals surface area contributed by atoms with Crippen LogP contribution in [0.25, 0.3) is 10.8 Å². The maximum Gasteiger partial charge on any atom is 0.322 e. The number of carbonyl (C=O) groups excluding carboxylic acids is 1. The van der Waals surface area contributed by atoms with Gasteiger partial charge in [0.2, 0.25) is 5.88 Å². The molecule has 4 aromatic rings. The van der Waals surface area contributed by atoms with E-state index in [-0.39, 0.29) is 22.7 Å². The standard InChI is InChI=1S/C28H26N2O6/c1-28(2,17-7-5-4-6-8-17)18-9-11-19(12-10-18)36-20-13-14-21-22(15-20)27(35-3)30-24(25(21)33)26(34)29-16-23(31)32/h4-15,33H,16H2,1-3H3,(H,29,34)(H,31,32). The molecular weight excluding hydrogens is 460 g/mol. The molecule has 0 atom stereocenters. The summed E-state index contributed by atoms with van der Waals surface area (Å²) in [6, 6.07) is 23.0. The van der Waals surface area contributed by atoms with Gasteiger partial charge < -0.3 is 25.0 Å². The maximum absolute atomic E-state index is 12.3. The number of aliphatic carboxylic acids is 1. The number of methoxy groups -OCH3 is 1. The second-order valence-electron chi connectivity index (χ2n) is 8.72. The Morgan fingerprint density at radius 3 is 2.19 bits per heavy atom. The Hall–Kier alpha value is -4.59. The van der Waals surface area contributed by atoms with Crippen molar-refractivity contribution < 1.29 is 29.3 Å². The summed E-state index contributed by atoms with van der Waals surface area (Å²) in [7, 11) is 1.39. The molecule has 0 saturated carbocycles. The van der Waals surface area contributed by atoms with Gasteiger partial charge in [0.05, 0.1) is 12.5 Å². The van der Waals surface area contributed by atoms with Crippen LogP contribution in [0, 0.1) is 0 Å². The highest BCUT2D eigenvalue weighted by Gasteiger charge is 2.23. The number of fused-ring (bicyclic) bond motifs is 1. The minimum Gasteiger partial charge on any atom is -0.505 e. The molecule has 0 saturated heterocycles. The fourth-order valence-corrected chi connectivity index (χ4v) is 3.96. The molecule has 0 fully saturated rings. The summed E-state index contributed by atoms with van der Waals surface area (Å²) < 4.78 is 11.4. The van der Waals surface area contributed by atoms with Crippen LogP contribution < -0.4 is 14.8 Å². The predicted octanol–water partition coefficient (Wildman–Crippen LogP) is 4.88. The first-order valence-electron chi connectivity index (χ1n) is 11.3. The molecule has 0 unspecified atom stereocenters. The van der Waals surface area contributed by atoms with Crippen LogP contribution in [0.1, 0.15) is 35.5 Å². The van der Waals surface area contributed by atoms with E-state index in [1.54, 1.807) is 18.2 Å². The van der Waals surface area contributed by atoms with Crippen LogP contribution in [0.5, 0.6) is 23.1 Å². The average molecular weight is 487 g/mol. The number of carboxylic acid groups (broad SMARTS) is 1. The number of aromatic hydroxyl groups is 1. The van der Waals surface area contributed by atoms with Crippen molar-refractivity contribution in [2.24, 2.45) is 0 Å². The zero-order chi connectivity index (χ0) is 25.9. The summed E-state index contributed by atoms with van der Waals surface area (Å²) >= 11 is 0. The number of aromatic nitrogens is 1. The van der Waals surface area contributed by atoms with Gasteiger partial charge in [-0.25, -0.2) is 4.98 Å². The van der Waals surface area contributed by atoms with Gasteiger partial charge in [0.25, 0.3) is 5.91 Å². The van der Waals surface area contributed by atoms with E-state index in [4.69, 9.17) is 14.6 Å². The molecule has 1 aromatic heterocycles. The van der Waals surface area contributed by atoms with Gasteiger partial charge in [-0.1, -0.05) is 56.3 Å². The van der Waals surface area contributed by atoms with E-state index in [0.29, 0.717) is 22.3 Å². The Kier molecular flexibility index (Phi) is 6.78. The second kappa shape index (κ2) is 9.95. The molecule has 8 heteroatoms. The first-order chi connectivity index (χ1) is 17.2. The van der Waals surface area contributed by atoms with Crippen LogP contribution in [-0.2, 0) is 10.2 Å². The molecule has 1 amide bonds. The number of hydrogen-bond acceptors (Lipinski definition) is 6. The summed E-state index contributed by atoms with van der Waals surface area (Å²) in [6.45, 7) is 3.74. The minimum atomic E-state index is -1.21. The lowest BCUT2D eigenvalue weighted by Gasteiger charge is -2.26. The molecule has 184 valence electrons. The molecule has 8 nitrogen and oxygen atoms in total. The topological polar surface area (TPSA) is 118 Å². The van der Waals surface area contributed by atoms with Gasteiger partial charge >= 0.3 is 5.97 Å². The van der Waals surface area contributed by atoms with E-state index in [0.717, 1.165) is 5.56 Å². The molecule has 1 heterocycles. The summed E-state index contributed by atoms with van der Waals surface area (Å²) in [5.74, 6) is -1.22. The third kappa shape index (κ3) is 4.93. The molecule has 3 aromatic carbocycles. The van der Waals surface area contributed by atoms with Crippen LogP contribution in [-0.4, -0.2) is 40.7 Å². The molecule has 3 N–H and O–H groups in total. The van der Waals surface area contributed by atoms with Crippen LogP contribution in [0.4, 0.5) is 0 Å². The average Bonchev–Trinajstić information content (AvgIpc) is 2.88. The summed E-state index contributed by atoms with van der Waals surface area (Å²) in [5.41, 5.74) is 1.85. The molecule has 36 heavy (non-hydrogen) atoms. The summed E-state index contributed by atoms with van der Waals surface area (Å²) in [5, 5.41) is 22.3. The number of ether oxygens (including phenoxy) is 2. The fraction of sp³-hybridized carbons (Fsp3) is 0.179. The zero-order valence-corrected chi connectivity index (χ0v) is 20.1. The third-order valence-electron chi connectivity index (χ3n) is 6.03. The van der Waals surface area contributed by atoms with Crippen molar-refractivity contribution >= 4 is 22.6 Å². The van der Waals surface area contributed by atoms with E-state index in [1.165, 1.54) is 12.7 Å². The quantitative estimate of drug-likeness (QED) is 0.325. The Labute approximate surface area is 208 Å². The highest BCUT2D eigenvalue weighted by Crippen LogP contribution is 2.37. The first kappa shape index (κ1) is 24.5. The van der Waals surface area contributed by atoms with Gasteiger partial charge in [0.1, 0.15) is 18.0 Å². The van der Waals surface area contributed by atoms with Gasteiger partial charge in [0.15, 0.2) is 11.4 Å². The zero-order valence-electron chi connectivity index (χ0n) is 20.1. The summed E-state index contributed by atoms with van der Waals surface area (Å²) in [4.78, 5) is 27.1. The molecule has 0 radical (unpaired) electrons. The van der Waals surface area contributed by atoms with Crippen molar-refractivity contribution in [3.05, 3.63) is 89.6 Å². The summed E-state index contributed by atoms with van der Waals surface area (Å²) in [6.07, 6.45) is 0. The molecule has 0 aliphatic rings. The van der Waals surface area contributed by atoms with Crippen molar-refractivity contribution in [3.8, 4) is 23.1 Å². The van der Waals surface area contributed by atoms with Gasteiger partial charge in [0, 0.05) is 10.8 Å². The van der Waals surface area contributed by atoms with Crippen molar-refractivity contribution in [3.63, 3.8) is 0 Å². The van der Waals surface area contributed by atoms with Gasteiger partial charge in [-0.2, -0.15) is 0 Å². The van der Waals surface area contributed by atoms with Crippen LogP contribution in [0.3, 0.4) is 0 Å². The molecule has 0 spiro atoms. The van der Waals surface area contributed by atoms with Gasteiger partial charge in [-0.3, -0.25) is 9.59 Å². The van der Waals surface area contributed by atoms with Crippen LogP contribution >= 0.6 is 0 Å². The van der Waals surface area contributed by atoms with Crippen LogP contribution in [0.2, 0.25) is 0 Å². The molecule has 0 aliphatic heterocycles. The lowest BCUT2D eigenvalue weighted by atomic mass is 9.78. The minimum absolute atomic E-state index is 0.0914. The monoisotopic (exact) mass is 486 g/mol. The largest absolute Gasteiger partial charge is 0.505 e. The molecule has 4 rings (SSSR count). The lowest BCUT2D eigenvalue weighted by Crippen LogP contribution is -2.30. The number of carboxylic acids is 1. The molecule has 0 bridgehead atoms. The predicted molar refractivity (Wildman–Crippen MR) is 135 cm³/mol. The molecule has 0 aliphatic carbocycles. The number of rotatable bonds is 8. The van der Waals surface area contributed by atoms with Gasteiger partial charge in [-0.05, 0) is 41.5 Å². The van der Waals surface area contributed by atoms with E-state index < -0.39 is 18.4 Å². The highest BCUT2D eigenvalue weighted by atomic mass is 16.5. The third-order valence-corrected chi connectivity index (χ3v) is 6.03. The smallest absolute Gasteiger partial charge is 0.322 e. The number of amides is 1. The number of carbonyl (C=O) groups is 2. The van der Waals surface area contributed by atoms with E-state index in [1.807, 2.05) is 42.5 Å². The van der Waals surface area contributed by atoms with E-state index in [9.17, 15) is 14.7 Å². The van der Waals surface area contributed by atoms with Gasteiger partial charge in [-0.15, -0.1) is 0 Å². The Morgan fingerprint density at radius 2 is 1.56 bits per heavy atom. The SMILES string of the molecule is COc1nc(C(=O)NCC(=O)O)c(O)c2ccc(Oc3ccc(C(C)(C)c4ccccc4)cc3)cc12. The van der Waals surface area contributed by atoms with Crippen molar-refractivity contribution in [1.82, 2.24) is 10.3 Å². The lowest BCUT2D eigenvalue weighted by molar-refractivity contribution is -0.135. The Bertz CT molecular complexity index is 1420. The second-order valence-corrected chi connectivity index (χ2v) is 8.72. The fourth-order valence-electron chi connectivity index (χ4n) is 3.96. The number of nitrogens with one attached hydrogen (secondary N) is 1. The Balaban J connectivity index is 1.60. The van der Waals surface area contributed by atoms with E-state index in [2.05, 4.69) is 36.3 Å². The Morgan fingerprint density at radius 1 is 0.917 bits per heavy atom. The van der Waals surface area contributed by atoms with Crippen LogP contribution in [0.15, 0.2) is 72.8 Å². The first-order valence-corrected chi connectivity index (χ1v) is 11.3. The van der Waals surface area contributed by atoms with Crippen molar-refractivity contribution in [2.45, 2.75) is 19.3 Å². The number of pyridine rings is 1. The van der Waals surface area contributed by atoms with E-state index >= 15 is 0 Å². The molecular formula is C28H26N2O6. The maximum atomic E-state index is 12.3. The number of hydrogen-bond donors (Lipinski definition) is 3.